The lowest BCUT2D eigenvalue weighted by atomic mass is 9.87. The van der Waals surface area contributed by atoms with Gasteiger partial charge in [0, 0.05) is 18.0 Å². The van der Waals surface area contributed by atoms with Crippen LogP contribution in [0.15, 0.2) is 60.0 Å². The molecule has 5 nitrogen and oxygen atoms in total. The number of carbonyl (C=O) groups is 1. The Morgan fingerprint density at radius 2 is 1.87 bits per heavy atom. The first-order chi connectivity index (χ1) is 15.2. The lowest BCUT2D eigenvalue weighted by molar-refractivity contribution is -0.122. The number of hydrogen-bond acceptors (Lipinski definition) is 5. The maximum Gasteiger partial charge on any atom is 0.234 e. The highest BCUT2D eigenvalue weighted by Gasteiger charge is 2.31. The van der Waals surface area contributed by atoms with Crippen molar-refractivity contribution in [2.45, 2.75) is 18.9 Å². The van der Waals surface area contributed by atoms with Gasteiger partial charge in [-0.15, -0.1) is 11.3 Å². The molecule has 0 radical (unpaired) electrons. The number of carbonyl (C=O) groups excluding carboxylic acids is 1. The fourth-order valence-electron chi connectivity index (χ4n) is 4.21. The second kappa shape index (κ2) is 9.98. The summed E-state index contributed by atoms with van der Waals surface area (Å²) in [7, 11) is 3.32. The molecule has 6 heteroatoms. The first-order valence-electron chi connectivity index (χ1n) is 10.5. The van der Waals surface area contributed by atoms with Crippen LogP contribution in [0.2, 0.25) is 0 Å². The second-order valence-corrected chi connectivity index (χ2v) is 8.65. The van der Waals surface area contributed by atoms with Crippen molar-refractivity contribution in [3.63, 3.8) is 0 Å². The van der Waals surface area contributed by atoms with Crippen molar-refractivity contribution in [2.24, 2.45) is 0 Å². The van der Waals surface area contributed by atoms with Crippen LogP contribution in [0.25, 0.3) is 0 Å². The van der Waals surface area contributed by atoms with Gasteiger partial charge in [0.25, 0.3) is 0 Å². The van der Waals surface area contributed by atoms with Crippen LogP contribution in [-0.2, 0) is 17.6 Å². The van der Waals surface area contributed by atoms with Crippen molar-refractivity contribution in [3.8, 4) is 11.5 Å². The molecule has 0 saturated carbocycles. The van der Waals surface area contributed by atoms with E-state index >= 15 is 0 Å². The van der Waals surface area contributed by atoms with Crippen LogP contribution in [0.1, 0.15) is 27.6 Å². The maximum atomic E-state index is 12.8. The third-order valence-electron chi connectivity index (χ3n) is 5.71. The lowest BCUT2D eigenvalue weighted by Gasteiger charge is -2.37. The Balaban J connectivity index is 1.55. The molecule has 1 aromatic heterocycles. The maximum absolute atomic E-state index is 12.8. The number of benzene rings is 2. The Hall–Kier alpha value is -2.83. The number of fused-ring (bicyclic) bond motifs is 1. The summed E-state index contributed by atoms with van der Waals surface area (Å²) >= 11 is 1.72. The lowest BCUT2D eigenvalue weighted by Crippen LogP contribution is -2.43. The van der Waals surface area contributed by atoms with E-state index in [1.165, 1.54) is 21.6 Å². The average molecular weight is 437 g/mol. The molecule has 2 aromatic carbocycles. The number of nitrogens with one attached hydrogen (secondary N) is 1. The summed E-state index contributed by atoms with van der Waals surface area (Å²) in [6.45, 7) is 1.82. The number of thiophene rings is 1. The minimum Gasteiger partial charge on any atom is -0.493 e. The molecule has 0 aliphatic carbocycles. The SMILES string of the molecule is COc1cc2c(cc1OC)[C@H](c1ccccc1)N(CC(=O)NCCc1cccs1)CC2. The van der Waals surface area contributed by atoms with Crippen molar-refractivity contribution >= 4 is 17.2 Å². The summed E-state index contributed by atoms with van der Waals surface area (Å²) in [6.07, 6.45) is 1.73. The van der Waals surface area contributed by atoms with E-state index in [0.29, 0.717) is 18.8 Å². The van der Waals surface area contributed by atoms with Gasteiger partial charge < -0.3 is 14.8 Å². The third kappa shape index (κ3) is 4.92. The van der Waals surface area contributed by atoms with E-state index in [4.69, 9.17) is 9.47 Å². The highest BCUT2D eigenvalue weighted by Crippen LogP contribution is 2.40. The molecule has 2 heterocycles. The predicted octanol–water partition coefficient (Wildman–Crippen LogP) is 4.07. The van der Waals surface area contributed by atoms with Gasteiger partial charge in [-0.05, 0) is 53.1 Å². The van der Waals surface area contributed by atoms with Crippen LogP contribution in [-0.4, -0.2) is 44.7 Å². The molecule has 0 unspecified atom stereocenters. The van der Waals surface area contributed by atoms with Gasteiger partial charge in [-0.25, -0.2) is 0 Å². The van der Waals surface area contributed by atoms with Crippen LogP contribution < -0.4 is 14.8 Å². The summed E-state index contributed by atoms with van der Waals surface area (Å²) < 4.78 is 11.1. The molecule has 31 heavy (non-hydrogen) atoms. The fourth-order valence-corrected chi connectivity index (χ4v) is 4.92. The topological polar surface area (TPSA) is 50.8 Å². The van der Waals surface area contributed by atoms with Crippen molar-refractivity contribution in [3.05, 3.63) is 81.5 Å². The van der Waals surface area contributed by atoms with Crippen LogP contribution >= 0.6 is 11.3 Å². The van der Waals surface area contributed by atoms with Crippen molar-refractivity contribution in [1.29, 1.82) is 0 Å². The molecule has 1 amide bonds. The Kier molecular flexibility index (Phi) is 6.89. The third-order valence-corrected chi connectivity index (χ3v) is 6.65. The van der Waals surface area contributed by atoms with E-state index in [1.54, 1.807) is 25.6 Å². The number of ether oxygens (including phenoxy) is 2. The molecule has 0 saturated heterocycles. The molecular weight excluding hydrogens is 408 g/mol. The van der Waals surface area contributed by atoms with E-state index in [-0.39, 0.29) is 11.9 Å². The molecule has 0 bridgehead atoms. The molecule has 1 aliphatic rings. The van der Waals surface area contributed by atoms with Crippen LogP contribution in [0.3, 0.4) is 0 Å². The zero-order chi connectivity index (χ0) is 21.6. The van der Waals surface area contributed by atoms with Gasteiger partial charge in [0.1, 0.15) is 0 Å². The van der Waals surface area contributed by atoms with Crippen LogP contribution in [0.4, 0.5) is 0 Å². The first-order valence-corrected chi connectivity index (χ1v) is 11.4. The summed E-state index contributed by atoms with van der Waals surface area (Å²) in [5.41, 5.74) is 3.57. The normalized spacial score (nSPS) is 15.9. The van der Waals surface area contributed by atoms with Gasteiger partial charge >= 0.3 is 0 Å². The van der Waals surface area contributed by atoms with Gasteiger partial charge in [-0.2, -0.15) is 0 Å². The van der Waals surface area contributed by atoms with Crippen LogP contribution in [0, 0.1) is 0 Å². The standard InChI is InChI=1S/C25H28N2O3S/c1-29-22-15-19-11-13-27(17-24(28)26-12-10-20-9-6-14-31-20)25(18-7-4-3-5-8-18)21(19)16-23(22)30-2/h3-9,14-16,25H,10-13,17H2,1-2H3,(H,26,28)/t25-/m0/s1. The fraction of sp³-hybridized carbons (Fsp3) is 0.320. The van der Waals surface area contributed by atoms with Crippen LogP contribution in [0.5, 0.6) is 11.5 Å². The summed E-state index contributed by atoms with van der Waals surface area (Å²) in [5, 5.41) is 5.15. The molecule has 1 N–H and O–H groups in total. The van der Waals surface area contributed by atoms with Gasteiger partial charge in [0.2, 0.25) is 5.91 Å². The van der Waals surface area contributed by atoms with Gasteiger partial charge in [-0.1, -0.05) is 36.4 Å². The largest absolute Gasteiger partial charge is 0.493 e. The number of hydrogen-bond donors (Lipinski definition) is 1. The van der Waals surface area contributed by atoms with E-state index in [9.17, 15) is 4.79 Å². The van der Waals surface area contributed by atoms with E-state index in [1.807, 2.05) is 24.3 Å². The number of amides is 1. The molecule has 1 atom stereocenters. The van der Waals surface area contributed by atoms with E-state index < -0.39 is 0 Å². The van der Waals surface area contributed by atoms with Gasteiger partial charge in [0.05, 0.1) is 26.8 Å². The number of rotatable bonds is 8. The minimum absolute atomic E-state index is 0.00666. The zero-order valence-electron chi connectivity index (χ0n) is 18.0. The minimum atomic E-state index is -0.00666. The summed E-state index contributed by atoms with van der Waals surface area (Å²) in [5.74, 6) is 1.51. The number of nitrogens with zero attached hydrogens (tertiary/aromatic N) is 1. The Morgan fingerprint density at radius 3 is 2.58 bits per heavy atom. The average Bonchev–Trinajstić information content (AvgIpc) is 3.32. The smallest absolute Gasteiger partial charge is 0.234 e. The molecular formula is C25H28N2O3S. The second-order valence-electron chi connectivity index (χ2n) is 7.62. The summed E-state index contributed by atoms with van der Waals surface area (Å²) in [6, 6.07) is 18.6. The highest BCUT2D eigenvalue weighted by atomic mass is 32.1. The van der Waals surface area contributed by atoms with Gasteiger partial charge in [-0.3, -0.25) is 9.69 Å². The Labute approximate surface area is 187 Å². The molecule has 1 aliphatic heterocycles. The van der Waals surface area contributed by atoms with Gasteiger partial charge in [0.15, 0.2) is 11.5 Å². The molecule has 162 valence electrons. The molecule has 3 aromatic rings. The Morgan fingerprint density at radius 1 is 1.10 bits per heavy atom. The summed E-state index contributed by atoms with van der Waals surface area (Å²) in [4.78, 5) is 16.3. The highest BCUT2D eigenvalue weighted by molar-refractivity contribution is 7.09. The number of methoxy groups -OCH3 is 2. The predicted molar refractivity (Wildman–Crippen MR) is 124 cm³/mol. The first kappa shape index (κ1) is 21.4. The van der Waals surface area contributed by atoms with E-state index in [0.717, 1.165) is 25.1 Å². The van der Waals surface area contributed by atoms with Crippen molar-refractivity contribution in [2.75, 3.05) is 33.9 Å². The molecule has 4 rings (SSSR count). The van der Waals surface area contributed by atoms with Crippen molar-refractivity contribution in [1.82, 2.24) is 10.2 Å². The Bertz CT molecular complexity index is 1010. The monoisotopic (exact) mass is 436 g/mol. The van der Waals surface area contributed by atoms with Crippen molar-refractivity contribution < 1.29 is 14.3 Å². The molecule has 0 fully saturated rings. The molecule has 0 spiro atoms. The zero-order valence-corrected chi connectivity index (χ0v) is 18.8. The van der Waals surface area contributed by atoms with E-state index in [2.05, 4.69) is 45.9 Å². The quantitative estimate of drug-likeness (QED) is 0.578.